The highest BCUT2D eigenvalue weighted by Crippen LogP contribution is 2.22. The van der Waals surface area contributed by atoms with Crippen molar-refractivity contribution >= 4 is 23.3 Å². The number of hydrogen-bond acceptors (Lipinski definition) is 4. The van der Waals surface area contributed by atoms with Crippen LogP contribution in [-0.2, 0) is 17.8 Å². The molecular weight excluding hydrogens is 378 g/mol. The molecule has 0 saturated heterocycles. The second kappa shape index (κ2) is 8.82. The van der Waals surface area contributed by atoms with Gasteiger partial charge in [-0.15, -0.1) is 0 Å². The van der Waals surface area contributed by atoms with Crippen molar-refractivity contribution < 1.29 is 9.59 Å². The highest BCUT2D eigenvalue weighted by Gasteiger charge is 2.18. The summed E-state index contributed by atoms with van der Waals surface area (Å²) >= 11 is 0. The minimum atomic E-state index is -0.546. The van der Waals surface area contributed by atoms with Gasteiger partial charge in [-0.05, 0) is 60.7 Å². The van der Waals surface area contributed by atoms with E-state index in [-0.39, 0.29) is 5.91 Å². The van der Waals surface area contributed by atoms with E-state index >= 15 is 0 Å². The Morgan fingerprint density at radius 1 is 1.07 bits per heavy atom. The molecule has 2 amide bonds. The standard InChI is InChI=1S/C23H27N5O2/c1-13-8-18(9-14(2)15(13)3)12-25-23-21(22(24)30)20(27-28-23)11-17-6-5-7-19(10-17)26-16(4)29/h5-10H,11-12H2,1-4H3,(H2,24,30)(H,26,29)(H2,25,27,28). The summed E-state index contributed by atoms with van der Waals surface area (Å²) in [4.78, 5) is 23.4. The van der Waals surface area contributed by atoms with Crippen molar-refractivity contribution in [3.05, 3.63) is 75.5 Å². The van der Waals surface area contributed by atoms with E-state index in [0.717, 1.165) is 11.1 Å². The van der Waals surface area contributed by atoms with Crippen LogP contribution in [0.25, 0.3) is 0 Å². The second-order valence-electron chi connectivity index (χ2n) is 7.56. The summed E-state index contributed by atoms with van der Waals surface area (Å²) < 4.78 is 0. The van der Waals surface area contributed by atoms with E-state index in [1.165, 1.54) is 23.6 Å². The van der Waals surface area contributed by atoms with Crippen LogP contribution in [-0.4, -0.2) is 22.0 Å². The lowest BCUT2D eigenvalue weighted by Crippen LogP contribution is -2.15. The number of aromatic nitrogens is 2. The summed E-state index contributed by atoms with van der Waals surface area (Å²) in [6.07, 6.45) is 0.434. The van der Waals surface area contributed by atoms with Gasteiger partial charge in [-0.25, -0.2) is 0 Å². The number of nitrogens with zero attached hydrogens (tertiary/aromatic N) is 1. The minimum absolute atomic E-state index is 0.139. The van der Waals surface area contributed by atoms with Crippen molar-refractivity contribution in [3.63, 3.8) is 0 Å². The lowest BCUT2D eigenvalue weighted by molar-refractivity contribution is -0.114. The number of amides is 2. The van der Waals surface area contributed by atoms with Crippen LogP contribution in [0.1, 0.15) is 50.8 Å². The number of carbonyl (C=O) groups excluding carboxylic acids is 2. The molecule has 3 rings (SSSR count). The molecule has 0 bridgehead atoms. The molecule has 0 atom stereocenters. The minimum Gasteiger partial charge on any atom is -0.365 e. The van der Waals surface area contributed by atoms with E-state index in [0.29, 0.717) is 35.7 Å². The Morgan fingerprint density at radius 2 is 1.77 bits per heavy atom. The molecule has 0 aliphatic heterocycles. The quantitative estimate of drug-likeness (QED) is 0.481. The molecule has 1 aromatic heterocycles. The second-order valence-corrected chi connectivity index (χ2v) is 7.56. The van der Waals surface area contributed by atoms with Gasteiger partial charge in [0.1, 0.15) is 5.56 Å². The third-order valence-corrected chi connectivity index (χ3v) is 5.16. The number of aromatic amines is 1. The number of H-pyrrole nitrogens is 1. The Hall–Kier alpha value is -3.61. The number of benzene rings is 2. The zero-order valence-corrected chi connectivity index (χ0v) is 17.7. The van der Waals surface area contributed by atoms with Gasteiger partial charge in [0, 0.05) is 25.6 Å². The highest BCUT2D eigenvalue weighted by molar-refractivity contribution is 5.99. The Kier molecular flexibility index (Phi) is 6.20. The lowest BCUT2D eigenvalue weighted by Gasteiger charge is -2.10. The van der Waals surface area contributed by atoms with Gasteiger partial charge in [0.25, 0.3) is 5.91 Å². The fraction of sp³-hybridized carbons (Fsp3) is 0.261. The molecule has 1 heterocycles. The maximum absolute atomic E-state index is 12.1. The van der Waals surface area contributed by atoms with E-state index in [9.17, 15) is 9.59 Å². The van der Waals surface area contributed by atoms with Crippen LogP contribution in [0.4, 0.5) is 11.5 Å². The fourth-order valence-electron chi connectivity index (χ4n) is 3.48. The van der Waals surface area contributed by atoms with Gasteiger partial charge in [-0.1, -0.05) is 24.3 Å². The molecule has 7 heteroatoms. The first-order valence-corrected chi connectivity index (χ1v) is 9.78. The van der Waals surface area contributed by atoms with Gasteiger partial charge in [-0.3, -0.25) is 14.7 Å². The molecule has 0 aliphatic rings. The van der Waals surface area contributed by atoms with Crippen LogP contribution in [0.3, 0.4) is 0 Å². The number of rotatable bonds is 7. The third-order valence-electron chi connectivity index (χ3n) is 5.16. The van der Waals surface area contributed by atoms with Gasteiger partial charge in [-0.2, -0.15) is 5.10 Å². The molecule has 0 spiro atoms. The summed E-state index contributed by atoms with van der Waals surface area (Å²) in [6, 6.07) is 11.7. The first kappa shape index (κ1) is 21.1. The molecule has 0 saturated carbocycles. The van der Waals surface area contributed by atoms with Gasteiger partial charge in [0.2, 0.25) is 5.91 Å². The number of primary amides is 1. The van der Waals surface area contributed by atoms with Crippen molar-refractivity contribution in [2.75, 3.05) is 10.6 Å². The number of nitrogens with two attached hydrogens (primary N) is 1. The van der Waals surface area contributed by atoms with Gasteiger partial charge in [0.05, 0.1) is 5.69 Å². The Labute approximate surface area is 176 Å². The molecule has 7 nitrogen and oxygen atoms in total. The number of aryl methyl sites for hydroxylation is 2. The molecule has 0 unspecified atom stereocenters. The molecule has 0 aliphatic carbocycles. The summed E-state index contributed by atoms with van der Waals surface area (Å²) in [7, 11) is 0. The smallest absolute Gasteiger partial charge is 0.254 e. The van der Waals surface area contributed by atoms with Gasteiger partial charge < -0.3 is 16.4 Å². The van der Waals surface area contributed by atoms with Crippen molar-refractivity contribution in [1.29, 1.82) is 0 Å². The predicted octanol–water partition coefficient (Wildman–Crippen LogP) is 3.60. The van der Waals surface area contributed by atoms with Crippen LogP contribution >= 0.6 is 0 Å². The monoisotopic (exact) mass is 405 g/mol. The molecule has 0 radical (unpaired) electrons. The van der Waals surface area contributed by atoms with Crippen molar-refractivity contribution in [2.24, 2.45) is 5.73 Å². The maximum atomic E-state index is 12.1. The Bertz CT molecular complexity index is 1080. The van der Waals surface area contributed by atoms with Crippen molar-refractivity contribution in [1.82, 2.24) is 10.2 Å². The predicted molar refractivity (Wildman–Crippen MR) is 119 cm³/mol. The van der Waals surface area contributed by atoms with Crippen molar-refractivity contribution in [3.8, 4) is 0 Å². The summed E-state index contributed by atoms with van der Waals surface area (Å²) in [5.41, 5.74) is 13.1. The van der Waals surface area contributed by atoms with Crippen LogP contribution < -0.4 is 16.4 Å². The Balaban J connectivity index is 1.80. The lowest BCUT2D eigenvalue weighted by atomic mass is 10.0. The molecule has 30 heavy (non-hydrogen) atoms. The molecule has 3 aromatic rings. The topological polar surface area (TPSA) is 113 Å². The van der Waals surface area contributed by atoms with E-state index < -0.39 is 5.91 Å². The normalized spacial score (nSPS) is 10.7. The third kappa shape index (κ3) is 4.86. The summed E-state index contributed by atoms with van der Waals surface area (Å²) in [5.74, 6) is -0.249. The number of hydrogen-bond donors (Lipinski definition) is 4. The van der Waals surface area contributed by atoms with E-state index in [2.05, 4.69) is 53.7 Å². The first-order valence-electron chi connectivity index (χ1n) is 9.78. The van der Waals surface area contributed by atoms with Crippen molar-refractivity contribution in [2.45, 2.75) is 40.7 Å². The number of nitrogens with one attached hydrogen (secondary N) is 3. The highest BCUT2D eigenvalue weighted by atomic mass is 16.1. The molecule has 2 aromatic carbocycles. The molecule has 0 fully saturated rings. The SMILES string of the molecule is CC(=O)Nc1cccc(Cc2[nH]nc(NCc3cc(C)c(C)c(C)c3)c2C(N)=O)c1. The van der Waals surface area contributed by atoms with Gasteiger partial charge >= 0.3 is 0 Å². The number of carbonyl (C=O) groups is 2. The van der Waals surface area contributed by atoms with E-state index in [4.69, 9.17) is 5.73 Å². The molecule has 5 N–H and O–H groups in total. The van der Waals surface area contributed by atoms with Crippen LogP contribution in [0.5, 0.6) is 0 Å². The Morgan fingerprint density at radius 3 is 2.40 bits per heavy atom. The summed E-state index contributed by atoms with van der Waals surface area (Å²) in [5, 5.41) is 13.2. The maximum Gasteiger partial charge on any atom is 0.254 e. The molecular formula is C23H27N5O2. The first-order chi connectivity index (χ1) is 14.2. The van der Waals surface area contributed by atoms with E-state index in [1.807, 2.05) is 24.3 Å². The van der Waals surface area contributed by atoms with E-state index in [1.54, 1.807) is 0 Å². The average Bonchev–Trinajstić information content (AvgIpc) is 3.06. The fourth-order valence-corrected chi connectivity index (χ4v) is 3.48. The van der Waals surface area contributed by atoms with Gasteiger partial charge in [0.15, 0.2) is 5.82 Å². The van der Waals surface area contributed by atoms with Crippen LogP contribution in [0.2, 0.25) is 0 Å². The van der Waals surface area contributed by atoms with Crippen LogP contribution in [0, 0.1) is 20.8 Å². The zero-order valence-electron chi connectivity index (χ0n) is 17.7. The average molecular weight is 406 g/mol. The van der Waals surface area contributed by atoms with Crippen LogP contribution in [0.15, 0.2) is 36.4 Å². The molecule has 156 valence electrons. The largest absolute Gasteiger partial charge is 0.365 e. The zero-order chi connectivity index (χ0) is 21.8. The number of anilines is 2. The summed E-state index contributed by atoms with van der Waals surface area (Å²) in [6.45, 7) is 8.27.